The van der Waals surface area contributed by atoms with Gasteiger partial charge in [-0.25, -0.2) is 0 Å². The lowest BCUT2D eigenvalue weighted by Crippen LogP contribution is -2.60. The van der Waals surface area contributed by atoms with Crippen LogP contribution in [0.15, 0.2) is 91.0 Å². The van der Waals surface area contributed by atoms with Crippen molar-refractivity contribution in [3.63, 3.8) is 0 Å². The van der Waals surface area contributed by atoms with Crippen LogP contribution in [0.25, 0.3) is 0 Å². The van der Waals surface area contributed by atoms with Gasteiger partial charge < -0.3 is 23.7 Å². The number of thioether (sulfide) groups is 1. The van der Waals surface area contributed by atoms with E-state index in [9.17, 15) is 4.79 Å². The zero-order valence-electron chi connectivity index (χ0n) is 21.9. The molecule has 6 nitrogen and oxygen atoms in total. The van der Waals surface area contributed by atoms with E-state index in [1.54, 1.807) is 11.8 Å². The largest absolute Gasteiger partial charge is 0.463 e. The number of hydrogen-bond acceptors (Lipinski definition) is 7. The SMILES string of the molecule is CCSC1O[C@H](COC(C)=O)[C@@H](OCc2ccccc2)[C@H](OCc2ccccc2)[C@H]1OCc1ccccc1. The second kappa shape index (κ2) is 15.0. The summed E-state index contributed by atoms with van der Waals surface area (Å²) in [5, 5.41) is 0. The smallest absolute Gasteiger partial charge is 0.302 e. The van der Waals surface area contributed by atoms with Gasteiger partial charge in [-0.3, -0.25) is 4.79 Å². The fourth-order valence-electron chi connectivity index (χ4n) is 4.38. The van der Waals surface area contributed by atoms with Gasteiger partial charge in [0, 0.05) is 6.92 Å². The molecule has 1 aliphatic heterocycles. The number of carbonyl (C=O) groups is 1. The quantitative estimate of drug-likeness (QED) is 0.257. The molecule has 0 saturated carbocycles. The van der Waals surface area contributed by atoms with Crippen molar-refractivity contribution < 1.29 is 28.5 Å². The van der Waals surface area contributed by atoms with Crippen molar-refractivity contribution >= 4 is 17.7 Å². The van der Waals surface area contributed by atoms with Crippen LogP contribution in [0.4, 0.5) is 0 Å². The van der Waals surface area contributed by atoms with Gasteiger partial charge in [-0.1, -0.05) is 97.9 Å². The average molecular weight is 537 g/mol. The third-order valence-electron chi connectivity index (χ3n) is 6.23. The lowest BCUT2D eigenvalue weighted by Gasteiger charge is -2.45. The average Bonchev–Trinajstić information content (AvgIpc) is 2.95. The molecule has 202 valence electrons. The zero-order valence-corrected chi connectivity index (χ0v) is 22.8. The summed E-state index contributed by atoms with van der Waals surface area (Å²) in [5.74, 6) is 0.469. The van der Waals surface area contributed by atoms with Crippen LogP contribution in [0.2, 0.25) is 0 Å². The van der Waals surface area contributed by atoms with Crippen LogP contribution in [0.5, 0.6) is 0 Å². The van der Waals surface area contributed by atoms with Crippen LogP contribution >= 0.6 is 11.8 Å². The third-order valence-corrected chi connectivity index (χ3v) is 7.27. The van der Waals surface area contributed by atoms with E-state index in [-0.39, 0.29) is 18.0 Å². The Balaban J connectivity index is 1.62. The third kappa shape index (κ3) is 8.41. The van der Waals surface area contributed by atoms with E-state index in [1.165, 1.54) is 6.92 Å². The van der Waals surface area contributed by atoms with E-state index in [4.69, 9.17) is 23.7 Å². The Kier molecular flexibility index (Phi) is 11.2. The molecule has 0 aromatic heterocycles. The van der Waals surface area contributed by atoms with Crippen molar-refractivity contribution in [2.24, 2.45) is 0 Å². The maximum absolute atomic E-state index is 11.7. The highest BCUT2D eigenvalue weighted by Gasteiger charge is 2.48. The molecule has 4 rings (SSSR count). The topological polar surface area (TPSA) is 63.2 Å². The first-order valence-electron chi connectivity index (χ1n) is 13.0. The van der Waals surface area contributed by atoms with Crippen LogP contribution in [0.3, 0.4) is 0 Å². The maximum atomic E-state index is 11.7. The molecule has 0 radical (unpaired) electrons. The Hall–Kier alpha value is -2.68. The van der Waals surface area contributed by atoms with Gasteiger partial charge in [0.05, 0.1) is 19.8 Å². The van der Waals surface area contributed by atoms with E-state index in [0.29, 0.717) is 19.8 Å². The lowest BCUT2D eigenvalue weighted by molar-refractivity contribution is -0.253. The van der Waals surface area contributed by atoms with E-state index in [0.717, 1.165) is 22.4 Å². The first-order valence-corrected chi connectivity index (χ1v) is 14.1. The molecule has 1 saturated heterocycles. The number of carbonyl (C=O) groups excluding carboxylic acids is 1. The molecule has 3 aromatic rings. The van der Waals surface area contributed by atoms with Crippen LogP contribution in [-0.2, 0) is 48.3 Å². The van der Waals surface area contributed by atoms with Gasteiger partial charge in [0.25, 0.3) is 0 Å². The van der Waals surface area contributed by atoms with Crippen LogP contribution < -0.4 is 0 Å². The van der Waals surface area contributed by atoms with Crippen molar-refractivity contribution in [3.05, 3.63) is 108 Å². The Morgan fingerprint density at radius 2 is 1.16 bits per heavy atom. The van der Waals surface area contributed by atoms with E-state index < -0.39 is 24.4 Å². The molecule has 1 aliphatic rings. The second-order valence-corrected chi connectivity index (χ2v) is 10.5. The molecule has 0 aliphatic carbocycles. The highest BCUT2D eigenvalue weighted by molar-refractivity contribution is 7.99. The fraction of sp³-hybridized carbons (Fsp3) is 0.387. The Labute approximate surface area is 229 Å². The van der Waals surface area contributed by atoms with E-state index in [1.807, 2.05) is 91.0 Å². The van der Waals surface area contributed by atoms with Crippen molar-refractivity contribution in [2.75, 3.05) is 12.4 Å². The molecular formula is C31H36O6S. The van der Waals surface area contributed by atoms with Gasteiger partial charge in [0.15, 0.2) is 0 Å². The van der Waals surface area contributed by atoms with Crippen LogP contribution in [0, 0.1) is 0 Å². The van der Waals surface area contributed by atoms with Crippen LogP contribution in [0.1, 0.15) is 30.5 Å². The first-order chi connectivity index (χ1) is 18.6. The summed E-state index contributed by atoms with van der Waals surface area (Å²) in [6, 6.07) is 30.1. The minimum atomic E-state index is -0.521. The molecule has 1 fully saturated rings. The van der Waals surface area contributed by atoms with Gasteiger partial charge in [-0.2, -0.15) is 0 Å². The number of ether oxygens (including phenoxy) is 5. The molecule has 38 heavy (non-hydrogen) atoms. The van der Waals surface area contributed by atoms with E-state index in [2.05, 4.69) is 6.92 Å². The molecule has 0 bridgehead atoms. The summed E-state index contributed by atoms with van der Waals surface area (Å²) in [4.78, 5) is 11.7. The predicted molar refractivity (Wildman–Crippen MR) is 148 cm³/mol. The summed E-state index contributed by atoms with van der Waals surface area (Å²) in [6.45, 7) is 4.74. The molecule has 0 spiro atoms. The monoisotopic (exact) mass is 536 g/mol. The molecule has 3 aromatic carbocycles. The highest BCUT2D eigenvalue weighted by atomic mass is 32.2. The molecule has 1 heterocycles. The summed E-state index contributed by atoms with van der Waals surface area (Å²) in [7, 11) is 0. The fourth-order valence-corrected chi connectivity index (χ4v) is 5.35. The molecule has 0 N–H and O–H groups in total. The molecule has 0 amide bonds. The number of hydrogen-bond donors (Lipinski definition) is 0. The Morgan fingerprint density at radius 3 is 1.61 bits per heavy atom. The summed E-state index contributed by atoms with van der Waals surface area (Å²) < 4.78 is 31.6. The number of esters is 1. The van der Waals surface area contributed by atoms with Crippen molar-refractivity contribution in [1.82, 2.24) is 0 Å². The van der Waals surface area contributed by atoms with Gasteiger partial charge >= 0.3 is 5.97 Å². The minimum Gasteiger partial charge on any atom is -0.463 e. The maximum Gasteiger partial charge on any atom is 0.302 e. The van der Waals surface area contributed by atoms with Crippen LogP contribution in [-0.4, -0.2) is 48.2 Å². The molecule has 5 atom stereocenters. The Bertz CT molecular complexity index is 1080. The normalized spacial score (nSPS) is 23.2. The molecular weight excluding hydrogens is 500 g/mol. The molecule has 1 unspecified atom stereocenters. The summed E-state index contributed by atoms with van der Waals surface area (Å²) in [6.07, 6.45) is -1.89. The predicted octanol–water partition coefficient (Wildman–Crippen LogP) is 5.78. The first kappa shape index (κ1) is 28.3. The molecule has 7 heteroatoms. The summed E-state index contributed by atoms with van der Waals surface area (Å²) >= 11 is 1.65. The Morgan fingerprint density at radius 1 is 0.711 bits per heavy atom. The van der Waals surface area contributed by atoms with E-state index >= 15 is 0 Å². The van der Waals surface area contributed by atoms with Crippen molar-refractivity contribution in [2.45, 2.75) is 63.5 Å². The second-order valence-electron chi connectivity index (χ2n) is 9.08. The number of rotatable bonds is 13. The summed E-state index contributed by atoms with van der Waals surface area (Å²) in [5.41, 5.74) is 2.84. The lowest BCUT2D eigenvalue weighted by atomic mass is 9.99. The van der Waals surface area contributed by atoms with Crippen molar-refractivity contribution in [3.8, 4) is 0 Å². The van der Waals surface area contributed by atoms with Gasteiger partial charge in [-0.15, -0.1) is 11.8 Å². The zero-order chi connectivity index (χ0) is 26.6. The van der Waals surface area contributed by atoms with Crippen molar-refractivity contribution in [1.29, 1.82) is 0 Å². The van der Waals surface area contributed by atoms with Gasteiger partial charge in [-0.05, 0) is 22.4 Å². The number of benzene rings is 3. The highest BCUT2D eigenvalue weighted by Crippen LogP contribution is 2.35. The minimum absolute atomic E-state index is 0.0756. The van der Waals surface area contributed by atoms with Gasteiger partial charge in [0.2, 0.25) is 0 Å². The standard InChI is InChI=1S/C31H36O6S/c1-3-38-31-30(36-21-26-17-11-6-12-18-26)29(35-20-25-15-9-5-10-16-25)28(27(37-31)22-33-23(2)32)34-19-24-13-7-4-8-14-24/h4-18,27-31H,3,19-22H2,1-2H3/t27-,28-,29+,30-,31?/m1/s1. The van der Waals surface area contributed by atoms with Gasteiger partial charge in [0.1, 0.15) is 36.5 Å².